The van der Waals surface area contributed by atoms with Crippen LogP contribution < -0.4 is 5.32 Å². The van der Waals surface area contributed by atoms with Gasteiger partial charge in [0.05, 0.1) is 17.3 Å². The van der Waals surface area contributed by atoms with E-state index in [0.29, 0.717) is 11.1 Å². The van der Waals surface area contributed by atoms with Crippen LogP contribution in [0.4, 0.5) is 5.69 Å². The first kappa shape index (κ1) is 13.2. The summed E-state index contributed by atoms with van der Waals surface area (Å²) in [5.41, 5.74) is 1.88. The lowest BCUT2D eigenvalue weighted by molar-refractivity contribution is 0.102. The van der Waals surface area contributed by atoms with Crippen LogP contribution in [-0.2, 0) is 0 Å². The second-order valence-corrected chi connectivity index (χ2v) is 4.69. The van der Waals surface area contributed by atoms with Gasteiger partial charge in [-0.1, -0.05) is 12.1 Å². The molecule has 4 heteroatoms. The third-order valence-electron chi connectivity index (χ3n) is 2.63. The molecule has 2 rings (SSSR count). The van der Waals surface area contributed by atoms with Gasteiger partial charge in [-0.3, -0.25) is 4.79 Å². The highest BCUT2D eigenvalue weighted by Crippen LogP contribution is 2.25. The Morgan fingerprint density at radius 2 is 1.84 bits per heavy atom. The second-order valence-electron chi connectivity index (χ2n) is 3.84. The fourth-order valence-electron chi connectivity index (χ4n) is 1.64. The van der Waals surface area contributed by atoms with Gasteiger partial charge in [0, 0.05) is 10.5 Å². The predicted octanol–water partition coefficient (Wildman–Crippen LogP) is 3.53. The molecule has 0 saturated heterocycles. The lowest BCUT2D eigenvalue weighted by Gasteiger charge is -2.09. The molecular weight excluding hydrogens is 256 g/mol. The number of hydrogen-bond acceptors (Lipinski definition) is 3. The molecule has 3 nitrogen and oxygen atoms in total. The average Bonchev–Trinajstić information content (AvgIpc) is 2.48. The molecule has 0 spiro atoms. The van der Waals surface area contributed by atoms with Crippen molar-refractivity contribution in [2.75, 3.05) is 11.6 Å². The van der Waals surface area contributed by atoms with Crippen molar-refractivity contribution in [1.82, 2.24) is 0 Å². The topological polar surface area (TPSA) is 52.9 Å². The summed E-state index contributed by atoms with van der Waals surface area (Å²) in [6.45, 7) is 0. The van der Waals surface area contributed by atoms with Crippen molar-refractivity contribution in [1.29, 1.82) is 5.26 Å². The standard InChI is InChI=1S/C15H12N2OS/c1-19-14-5-3-2-4-13(14)17-15(18)12-8-6-11(10-16)7-9-12/h2-9H,1H3,(H,17,18). The highest BCUT2D eigenvalue weighted by Gasteiger charge is 2.08. The summed E-state index contributed by atoms with van der Waals surface area (Å²) in [5.74, 6) is -0.175. The van der Waals surface area contributed by atoms with Crippen molar-refractivity contribution in [2.24, 2.45) is 0 Å². The van der Waals surface area contributed by atoms with Crippen LogP contribution in [0, 0.1) is 11.3 Å². The molecule has 0 atom stereocenters. The number of para-hydroxylation sites is 1. The molecule has 0 aromatic heterocycles. The summed E-state index contributed by atoms with van der Waals surface area (Å²) < 4.78 is 0. The summed E-state index contributed by atoms with van der Waals surface area (Å²) >= 11 is 1.58. The number of hydrogen-bond donors (Lipinski definition) is 1. The average molecular weight is 268 g/mol. The lowest BCUT2D eigenvalue weighted by Crippen LogP contribution is -2.12. The minimum atomic E-state index is -0.175. The largest absolute Gasteiger partial charge is 0.321 e. The van der Waals surface area contributed by atoms with E-state index >= 15 is 0 Å². The summed E-state index contributed by atoms with van der Waals surface area (Å²) in [6, 6.07) is 16.2. The van der Waals surface area contributed by atoms with Crippen LogP contribution in [0.3, 0.4) is 0 Å². The maximum atomic E-state index is 12.1. The molecule has 1 amide bonds. The molecule has 0 saturated carbocycles. The number of nitrogens with one attached hydrogen (secondary N) is 1. The van der Waals surface area contributed by atoms with Crippen LogP contribution in [0.25, 0.3) is 0 Å². The van der Waals surface area contributed by atoms with Crippen LogP contribution in [0.2, 0.25) is 0 Å². The Morgan fingerprint density at radius 1 is 1.16 bits per heavy atom. The zero-order chi connectivity index (χ0) is 13.7. The first-order valence-electron chi connectivity index (χ1n) is 5.69. The third-order valence-corrected chi connectivity index (χ3v) is 3.43. The fourth-order valence-corrected chi connectivity index (χ4v) is 2.19. The number of amides is 1. The molecule has 2 aromatic carbocycles. The molecule has 0 unspecified atom stereocenters. The number of nitriles is 1. The lowest BCUT2D eigenvalue weighted by atomic mass is 10.1. The molecule has 2 aromatic rings. The maximum Gasteiger partial charge on any atom is 0.255 e. The van der Waals surface area contributed by atoms with E-state index in [1.165, 1.54) is 0 Å². The van der Waals surface area contributed by atoms with E-state index in [1.807, 2.05) is 36.6 Å². The van der Waals surface area contributed by atoms with Gasteiger partial charge < -0.3 is 5.32 Å². The normalized spacial score (nSPS) is 9.68. The van der Waals surface area contributed by atoms with Gasteiger partial charge in [0.1, 0.15) is 0 Å². The smallest absolute Gasteiger partial charge is 0.255 e. The maximum absolute atomic E-state index is 12.1. The Bertz CT molecular complexity index is 629. The van der Waals surface area contributed by atoms with Gasteiger partial charge in [0.25, 0.3) is 5.91 Å². The van der Waals surface area contributed by atoms with Crippen LogP contribution in [0.1, 0.15) is 15.9 Å². The van der Waals surface area contributed by atoms with Gasteiger partial charge in [-0.05, 0) is 42.7 Å². The first-order chi connectivity index (χ1) is 9.24. The SMILES string of the molecule is CSc1ccccc1NC(=O)c1ccc(C#N)cc1. The molecule has 19 heavy (non-hydrogen) atoms. The van der Waals surface area contributed by atoms with Crippen molar-refractivity contribution >= 4 is 23.4 Å². The molecule has 0 radical (unpaired) electrons. The summed E-state index contributed by atoms with van der Waals surface area (Å²) in [5, 5.41) is 11.6. The molecule has 0 heterocycles. The van der Waals surface area contributed by atoms with Crippen molar-refractivity contribution in [3.05, 3.63) is 59.7 Å². The number of rotatable bonds is 3. The Balaban J connectivity index is 2.18. The van der Waals surface area contributed by atoms with Crippen molar-refractivity contribution in [3.8, 4) is 6.07 Å². The zero-order valence-electron chi connectivity index (χ0n) is 10.4. The molecule has 0 aliphatic carbocycles. The van der Waals surface area contributed by atoms with Crippen molar-refractivity contribution in [3.63, 3.8) is 0 Å². The molecule has 0 aliphatic heterocycles. The summed E-state index contributed by atoms with van der Waals surface area (Å²) in [6.07, 6.45) is 1.96. The van der Waals surface area contributed by atoms with Gasteiger partial charge in [-0.2, -0.15) is 5.26 Å². The zero-order valence-corrected chi connectivity index (χ0v) is 11.2. The van der Waals surface area contributed by atoms with Gasteiger partial charge in [0.2, 0.25) is 0 Å². The predicted molar refractivity (Wildman–Crippen MR) is 77.3 cm³/mol. The van der Waals surface area contributed by atoms with Crippen LogP contribution >= 0.6 is 11.8 Å². The number of benzene rings is 2. The number of carbonyl (C=O) groups is 1. The van der Waals surface area contributed by atoms with Gasteiger partial charge in [0.15, 0.2) is 0 Å². The van der Waals surface area contributed by atoms with E-state index in [4.69, 9.17) is 5.26 Å². The quantitative estimate of drug-likeness (QED) is 0.866. The van der Waals surface area contributed by atoms with E-state index < -0.39 is 0 Å². The van der Waals surface area contributed by atoms with E-state index in [9.17, 15) is 4.79 Å². The fraction of sp³-hybridized carbons (Fsp3) is 0.0667. The second kappa shape index (κ2) is 6.07. The van der Waals surface area contributed by atoms with E-state index in [1.54, 1.807) is 36.0 Å². The highest BCUT2D eigenvalue weighted by molar-refractivity contribution is 7.98. The summed E-state index contributed by atoms with van der Waals surface area (Å²) in [7, 11) is 0. The minimum absolute atomic E-state index is 0.175. The molecule has 94 valence electrons. The third kappa shape index (κ3) is 3.15. The Morgan fingerprint density at radius 3 is 2.47 bits per heavy atom. The number of thioether (sulfide) groups is 1. The molecule has 0 bridgehead atoms. The Labute approximate surface area is 116 Å². The van der Waals surface area contributed by atoms with Gasteiger partial charge in [-0.15, -0.1) is 11.8 Å². The molecule has 0 aliphatic rings. The van der Waals surface area contributed by atoms with Crippen molar-refractivity contribution in [2.45, 2.75) is 4.90 Å². The first-order valence-corrected chi connectivity index (χ1v) is 6.91. The highest BCUT2D eigenvalue weighted by atomic mass is 32.2. The van der Waals surface area contributed by atoms with E-state index in [-0.39, 0.29) is 5.91 Å². The van der Waals surface area contributed by atoms with Crippen molar-refractivity contribution < 1.29 is 4.79 Å². The van der Waals surface area contributed by atoms with Crippen LogP contribution in [0.15, 0.2) is 53.4 Å². The monoisotopic (exact) mass is 268 g/mol. The van der Waals surface area contributed by atoms with Crippen LogP contribution in [0.5, 0.6) is 0 Å². The summed E-state index contributed by atoms with van der Waals surface area (Å²) in [4.78, 5) is 13.1. The number of nitrogens with zero attached hydrogens (tertiary/aromatic N) is 1. The van der Waals surface area contributed by atoms with Gasteiger partial charge in [-0.25, -0.2) is 0 Å². The molecule has 1 N–H and O–H groups in total. The number of carbonyl (C=O) groups excluding carboxylic acids is 1. The molecular formula is C15H12N2OS. The van der Waals surface area contributed by atoms with E-state index in [0.717, 1.165) is 10.6 Å². The van der Waals surface area contributed by atoms with Crippen LogP contribution in [-0.4, -0.2) is 12.2 Å². The minimum Gasteiger partial charge on any atom is -0.321 e. The number of anilines is 1. The van der Waals surface area contributed by atoms with E-state index in [2.05, 4.69) is 5.32 Å². The van der Waals surface area contributed by atoms with Gasteiger partial charge >= 0.3 is 0 Å². The molecule has 0 fully saturated rings. The Hall–Kier alpha value is -2.25. The Kier molecular flexibility index (Phi) is 4.22.